The number of methoxy groups -OCH3 is 1. The first kappa shape index (κ1) is 20.9. The predicted octanol–water partition coefficient (Wildman–Crippen LogP) is 2.45. The van der Waals surface area contributed by atoms with Crippen LogP contribution in [0.3, 0.4) is 0 Å². The zero-order chi connectivity index (χ0) is 20.8. The van der Waals surface area contributed by atoms with E-state index in [1.165, 1.54) is 11.3 Å². The van der Waals surface area contributed by atoms with E-state index >= 15 is 0 Å². The Labute approximate surface area is 172 Å². The van der Waals surface area contributed by atoms with Gasteiger partial charge in [0.1, 0.15) is 5.75 Å². The van der Waals surface area contributed by atoms with Crippen LogP contribution in [0.2, 0.25) is 0 Å². The number of hydrogen-bond donors (Lipinski definition) is 3. The molecule has 2 amide bonds. The molecule has 2 aromatic rings. The van der Waals surface area contributed by atoms with Crippen LogP contribution in [0.4, 0.5) is 11.4 Å². The molecular formula is C23H30N3O3+. The third kappa shape index (κ3) is 5.81. The van der Waals surface area contributed by atoms with Crippen molar-refractivity contribution in [2.45, 2.75) is 20.3 Å². The Morgan fingerprint density at radius 3 is 2.31 bits per heavy atom. The van der Waals surface area contributed by atoms with E-state index in [4.69, 9.17) is 4.74 Å². The first-order valence-corrected chi connectivity index (χ1v) is 10.1. The van der Waals surface area contributed by atoms with Crippen LogP contribution in [0.25, 0.3) is 0 Å². The van der Waals surface area contributed by atoms with Crippen LogP contribution in [0.1, 0.15) is 30.6 Å². The van der Waals surface area contributed by atoms with E-state index in [9.17, 15) is 9.59 Å². The van der Waals surface area contributed by atoms with Gasteiger partial charge in [0.2, 0.25) is 0 Å². The molecule has 2 aromatic carbocycles. The van der Waals surface area contributed by atoms with Crippen LogP contribution in [0, 0.1) is 11.8 Å². The van der Waals surface area contributed by atoms with Crippen molar-refractivity contribution in [3.63, 3.8) is 0 Å². The second-order valence-electron chi connectivity index (χ2n) is 8.06. The Kier molecular flexibility index (Phi) is 6.88. The summed E-state index contributed by atoms with van der Waals surface area (Å²) in [6, 6.07) is 14.2. The van der Waals surface area contributed by atoms with Gasteiger partial charge in [0.25, 0.3) is 11.8 Å². The van der Waals surface area contributed by atoms with Gasteiger partial charge in [-0.05, 0) is 42.8 Å². The van der Waals surface area contributed by atoms with E-state index in [-0.39, 0.29) is 11.8 Å². The van der Waals surface area contributed by atoms with Gasteiger partial charge in [0.15, 0.2) is 6.54 Å². The van der Waals surface area contributed by atoms with Crippen LogP contribution in [0.5, 0.6) is 5.75 Å². The van der Waals surface area contributed by atoms with Crippen molar-refractivity contribution in [1.29, 1.82) is 0 Å². The summed E-state index contributed by atoms with van der Waals surface area (Å²) in [4.78, 5) is 26.7. The maximum atomic E-state index is 12.7. The third-order valence-electron chi connectivity index (χ3n) is 5.28. The topological polar surface area (TPSA) is 71.9 Å². The zero-order valence-corrected chi connectivity index (χ0v) is 17.3. The number of para-hydroxylation sites is 1. The van der Waals surface area contributed by atoms with Crippen molar-refractivity contribution in [3.8, 4) is 5.75 Å². The molecule has 6 nitrogen and oxygen atoms in total. The Morgan fingerprint density at radius 2 is 1.66 bits per heavy atom. The Balaban J connectivity index is 1.64. The number of likely N-dealkylation sites (tertiary alicyclic amines) is 1. The minimum Gasteiger partial charge on any atom is -0.497 e. The largest absolute Gasteiger partial charge is 0.497 e. The van der Waals surface area contributed by atoms with Crippen LogP contribution in [0.15, 0.2) is 48.5 Å². The number of carbonyl (C=O) groups is 2. The fraction of sp³-hybridized carbons (Fsp3) is 0.391. The van der Waals surface area contributed by atoms with Gasteiger partial charge in [-0.1, -0.05) is 26.0 Å². The number of piperidine rings is 1. The highest BCUT2D eigenvalue weighted by Crippen LogP contribution is 2.19. The Hall–Kier alpha value is -2.86. The molecule has 1 saturated heterocycles. The summed E-state index contributed by atoms with van der Waals surface area (Å²) in [5.41, 5.74) is 1.63. The first-order chi connectivity index (χ1) is 13.9. The number of rotatable bonds is 6. The van der Waals surface area contributed by atoms with Crippen LogP contribution in [-0.2, 0) is 4.79 Å². The Morgan fingerprint density at radius 1 is 1.00 bits per heavy atom. The molecule has 3 rings (SSSR count). The summed E-state index contributed by atoms with van der Waals surface area (Å²) in [6.07, 6.45) is 1.22. The zero-order valence-electron chi connectivity index (χ0n) is 17.3. The molecule has 1 fully saturated rings. The molecule has 1 unspecified atom stereocenters. The summed E-state index contributed by atoms with van der Waals surface area (Å²) in [6.45, 7) is 6.93. The average Bonchev–Trinajstić information content (AvgIpc) is 2.68. The fourth-order valence-electron chi connectivity index (χ4n) is 4.15. The van der Waals surface area contributed by atoms with Crippen molar-refractivity contribution in [3.05, 3.63) is 54.1 Å². The Bertz CT molecular complexity index is 841. The molecule has 3 atom stereocenters. The van der Waals surface area contributed by atoms with E-state index in [2.05, 4.69) is 24.5 Å². The summed E-state index contributed by atoms with van der Waals surface area (Å²) < 4.78 is 5.13. The SMILES string of the molecule is COc1ccc(NC(=O)c2ccccc2NC(=O)C[NH+]2C[C@H](C)C[C@H](C)C2)cc1. The van der Waals surface area contributed by atoms with Crippen LogP contribution in [-0.4, -0.2) is 38.6 Å². The molecule has 1 heterocycles. The number of hydrogen-bond acceptors (Lipinski definition) is 3. The fourth-order valence-corrected chi connectivity index (χ4v) is 4.15. The number of anilines is 2. The maximum Gasteiger partial charge on any atom is 0.279 e. The molecule has 0 bridgehead atoms. The summed E-state index contributed by atoms with van der Waals surface area (Å²) in [7, 11) is 1.60. The lowest BCUT2D eigenvalue weighted by atomic mass is 9.92. The monoisotopic (exact) mass is 396 g/mol. The van der Waals surface area contributed by atoms with E-state index in [1.54, 1.807) is 49.6 Å². The first-order valence-electron chi connectivity index (χ1n) is 10.1. The van der Waals surface area contributed by atoms with Crippen LogP contribution >= 0.6 is 0 Å². The number of nitrogens with one attached hydrogen (secondary N) is 3. The van der Waals surface area contributed by atoms with Gasteiger partial charge in [-0.2, -0.15) is 0 Å². The molecular weight excluding hydrogens is 366 g/mol. The van der Waals surface area contributed by atoms with Gasteiger partial charge in [0.05, 0.1) is 31.5 Å². The molecule has 0 spiro atoms. The van der Waals surface area contributed by atoms with Crippen molar-refractivity contribution in [1.82, 2.24) is 0 Å². The number of ether oxygens (including phenoxy) is 1. The summed E-state index contributed by atoms with van der Waals surface area (Å²) >= 11 is 0. The van der Waals surface area contributed by atoms with E-state index in [0.717, 1.165) is 18.8 Å². The van der Waals surface area contributed by atoms with E-state index < -0.39 is 0 Å². The highest BCUT2D eigenvalue weighted by atomic mass is 16.5. The molecule has 1 aliphatic heterocycles. The quantitative estimate of drug-likeness (QED) is 0.702. The molecule has 0 saturated carbocycles. The molecule has 0 aliphatic carbocycles. The molecule has 29 heavy (non-hydrogen) atoms. The number of amides is 2. The number of benzene rings is 2. The van der Waals surface area contributed by atoms with Gasteiger partial charge >= 0.3 is 0 Å². The lowest BCUT2D eigenvalue weighted by Gasteiger charge is -2.31. The smallest absolute Gasteiger partial charge is 0.279 e. The average molecular weight is 397 g/mol. The second kappa shape index (κ2) is 9.56. The molecule has 0 radical (unpaired) electrons. The van der Waals surface area contributed by atoms with E-state index in [1.807, 2.05) is 6.07 Å². The molecule has 3 N–H and O–H groups in total. The van der Waals surface area contributed by atoms with Gasteiger partial charge in [-0.15, -0.1) is 0 Å². The summed E-state index contributed by atoms with van der Waals surface area (Å²) in [5.74, 6) is 1.65. The van der Waals surface area contributed by atoms with Gasteiger partial charge in [-0.25, -0.2) is 0 Å². The molecule has 6 heteroatoms. The minimum atomic E-state index is -0.265. The minimum absolute atomic E-state index is 0.0639. The maximum absolute atomic E-state index is 12.7. The molecule has 0 aromatic heterocycles. The highest BCUT2D eigenvalue weighted by Gasteiger charge is 2.27. The third-order valence-corrected chi connectivity index (χ3v) is 5.28. The lowest BCUT2D eigenvalue weighted by molar-refractivity contribution is -0.904. The standard InChI is InChI=1S/C23H29N3O3/c1-16-12-17(2)14-26(13-16)15-22(27)25-21-7-5-4-6-20(21)23(28)24-18-8-10-19(29-3)11-9-18/h4-11,16-17H,12-15H2,1-3H3,(H,24,28)(H,25,27)/p+1/t16-,17+. The van der Waals surface area contributed by atoms with Crippen molar-refractivity contribution >= 4 is 23.2 Å². The number of quaternary nitrogens is 1. The highest BCUT2D eigenvalue weighted by molar-refractivity contribution is 6.10. The van der Waals surface area contributed by atoms with Crippen LogP contribution < -0.4 is 20.3 Å². The molecule has 1 aliphatic rings. The molecule has 154 valence electrons. The van der Waals surface area contributed by atoms with Crippen molar-refractivity contribution in [2.24, 2.45) is 11.8 Å². The van der Waals surface area contributed by atoms with E-state index in [0.29, 0.717) is 35.3 Å². The van der Waals surface area contributed by atoms with Gasteiger partial charge < -0.3 is 20.3 Å². The lowest BCUT2D eigenvalue weighted by Crippen LogP contribution is -3.15. The number of carbonyl (C=O) groups excluding carboxylic acids is 2. The van der Waals surface area contributed by atoms with Gasteiger partial charge in [-0.3, -0.25) is 9.59 Å². The normalized spacial score (nSPS) is 21.3. The van der Waals surface area contributed by atoms with Gasteiger partial charge in [0, 0.05) is 17.5 Å². The van der Waals surface area contributed by atoms with Crippen molar-refractivity contribution < 1.29 is 19.2 Å². The summed E-state index contributed by atoms with van der Waals surface area (Å²) in [5, 5.41) is 5.80. The van der Waals surface area contributed by atoms with Crippen molar-refractivity contribution in [2.75, 3.05) is 37.4 Å². The second-order valence-corrected chi connectivity index (χ2v) is 8.06. The predicted molar refractivity (Wildman–Crippen MR) is 115 cm³/mol.